The van der Waals surface area contributed by atoms with Gasteiger partial charge in [0.15, 0.2) is 0 Å². The van der Waals surface area contributed by atoms with Crippen molar-refractivity contribution in [2.24, 2.45) is 15.7 Å². The van der Waals surface area contributed by atoms with Gasteiger partial charge < -0.3 is 9.68 Å². The minimum absolute atomic E-state index is 0.0152. The zero-order chi connectivity index (χ0) is 21.1. The molecular formula is C24H30N4O2. The Kier molecular flexibility index (Phi) is 5.84. The van der Waals surface area contributed by atoms with Crippen molar-refractivity contribution in [1.29, 1.82) is 0 Å². The van der Waals surface area contributed by atoms with E-state index in [0.717, 1.165) is 66.3 Å². The molecule has 1 fully saturated rings. The Balaban J connectivity index is 1.33. The van der Waals surface area contributed by atoms with Crippen molar-refractivity contribution >= 4 is 11.4 Å². The summed E-state index contributed by atoms with van der Waals surface area (Å²) in [5, 5.41) is 8.75. The highest BCUT2D eigenvalue weighted by Gasteiger charge is 2.45. The van der Waals surface area contributed by atoms with Crippen LogP contribution in [0.25, 0.3) is 0 Å². The molecule has 0 atom stereocenters. The Bertz CT molecular complexity index is 972. The van der Waals surface area contributed by atoms with Gasteiger partial charge in [-0.05, 0) is 89.1 Å². The molecule has 30 heavy (non-hydrogen) atoms. The molecule has 2 aromatic rings. The normalized spacial score (nSPS) is 18.8. The molecule has 6 heteroatoms. The molecule has 2 heterocycles. The van der Waals surface area contributed by atoms with E-state index in [1.54, 1.807) is 0 Å². The van der Waals surface area contributed by atoms with Gasteiger partial charge in [0.1, 0.15) is 24.6 Å². The first-order valence-corrected chi connectivity index (χ1v) is 10.7. The second-order valence-corrected chi connectivity index (χ2v) is 8.75. The molecule has 6 nitrogen and oxygen atoms in total. The maximum atomic E-state index is 5.78. The van der Waals surface area contributed by atoms with Gasteiger partial charge in [0, 0.05) is 16.8 Å². The summed E-state index contributed by atoms with van der Waals surface area (Å²) >= 11 is 0. The van der Waals surface area contributed by atoms with E-state index in [1.165, 1.54) is 11.1 Å². The number of hydrogen-bond acceptors (Lipinski definition) is 6. The first-order chi connectivity index (χ1) is 14.4. The topological polar surface area (TPSA) is 69.0 Å². The van der Waals surface area contributed by atoms with Crippen molar-refractivity contribution in [2.75, 3.05) is 13.2 Å². The molecule has 2 aliphatic rings. The van der Waals surface area contributed by atoms with Crippen LogP contribution in [0, 0.1) is 26.2 Å². The summed E-state index contributed by atoms with van der Waals surface area (Å²) in [6.45, 7) is 9.08. The molecule has 2 aromatic heterocycles. The summed E-state index contributed by atoms with van der Waals surface area (Å²) in [4.78, 5) is 20.7. The lowest BCUT2D eigenvalue weighted by atomic mass is 9.94. The molecule has 0 unspecified atom stereocenters. The average Bonchev–Trinajstić information content (AvgIpc) is 3.47. The van der Waals surface area contributed by atoms with Crippen molar-refractivity contribution in [1.82, 2.24) is 9.97 Å². The standard InChI is InChI=1S/C24H30N4O2/c1-16-12-18(3)25-22(13-16)19(4)27-29-14-24(10-11-24)15-30-28-21-7-5-6-20-9-8-17(2)26-23(20)21/h8-9,12-13H,5-7,10-11,14-15H2,1-4H3/b27-19+,28-21+. The molecule has 0 amide bonds. The van der Waals surface area contributed by atoms with Crippen LogP contribution < -0.4 is 0 Å². The summed E-state index contributed by atoms with van der Waals surface area (Å²) < 4.78 is 0. The lowest BCUT2D eigenvalue weighted by Crippen LogP contribution is -2.18. The minimum atomic E-state index is 0.0152. The third-order valence-electron chi connectivity index (χ3n) is 5.79. The molecular weight excluding hydrogens is 376 g/mol. The Morgan fingerprint density at radius 3 is 2.57 bits per heavy atom. The quantitative estimate of drug-likeness (QED) is 0.494. The molecule has 0 bridgehead atoms. The van der Waals surface area contributed by atoms with Gasteiger partial charge in [-0.25, -0.2) is 0 Å². The largest absolute Gasteiger partial charge is 0.395 e. The predicted octanol–water partition coefficient (Wildman–Crippen LogP) is 4.68. The molecule has 158 valence electrons. The fraction of sp³-hybridized carbons (Fsp3) is 0.500. The third-order valence-corrected chi connectivity index (χ3v) is 5.79. The fourth-order valence-electron chi connectivity index (χ4n) is 3.78. The van der Waals surface area contributed by atoms with Gasteiger partial charge in [-0.15, -0.1) is 0 Å². The summed E-state index contributed by atoms with van der Waals surface area (Å²) in [6, 6.07) is 8.30. The molecule has 0 radical (unpaired) electrons. The van der Waals surface area contributed by atoms with Crippen molar-refractivity contribution in [3.05, 3.63) is 58.2 Å². The van der Waals surface area contributed by atoms with Gasteiger partial charge in [0.2, 0.25) is 0 Å². The predicted molar refractivity (Wildman–Crippen MR) is 118 cm³/mol. The van der Waals surface area contributed by atoms with E-state index >= 15 is 0 Å². The van der Waals surface area contributed by atoms with Crippen LogP contribution in [0.2, 0.25) is 0 Å². The Morgan fingerprint density at radius 2 is 1.80 bits per heavy atom. The first kappa shape index (κ1) is 20.5. The Labute approximate surface area is 178 Å². The lowest BCUT2D eigenvalue weighted by molar-refractivity contribution is 0.0318. The van der Waals surface area contributed by atoms with Gasteiger partial charge in [0.05, 0.1) is 11.4 Å². The van der Waals surface area contributed by atoms with Crippen LogP contribution in [0.5, 0.6) is 0 Å². The number of rotatable bonds is 7. The summed E-state index contributed by atoms with van der Waals surface area (Å²) in [6.07, 6.45) is 5.21. The number of nitrogens with zero attached hydrogens (tertiary/aromatic N) is 4. The van der Waals surface area contributed by atoms with Crippen LogP contribution in [0.1, 0.15) is 66.5 Å². The highest BCUT2D eigenvalue weighted by atomic mass is 16.6. The van der Waals surface area contributed by atoms with Gasteiger partial charge >= 0.3 is 0 Å². The number of aromatic nitrogens is 2. The number of aryl methyl sites for hydroxylation is 4. The minimum Gasteiger partial charge on any atom is -0.395 e. The van der Waals surface area contributed by atoms with Crippen LogP contribution in [0.3, 0.4) is 0 Å². The van der Waals surface area contributed by atoms with E-state index in [2.05, 4.69) is 45.4 Å². The maximum absolute atomic E-state index is 5.78. The van der Waals surface area contributed by atoms with Gasteiger partial charge in [-0.2, -0.15) is 0 Å². The van der Waals surface area contributed by atoms with Crippen LogP contribution in [-0.4, -0.2) is 34.6 Å². The van der Waals surface area contributed by atoms with E-state index < -0.39 is 0 Å². The van der Waals surface area contributed by atoms with Crippen LogP contribution in [-0.2, 0) is 16.1 Å². The second-order valence-electron chi connectivity index (χ2n) is 8.75. The van der Waals surface area contributed by atoms with E-state index in [4.69, 9.17) is 9.68 Å². The highest BCUT2D eigenvalue weighted by molar-refractivity contribution is 6.00. The molecule has 0 N–H and O–H groups in total. The van der Waals surface area contributed by atoms with Gasteiger partial charge in [0.25, 0.3) is 0 Å². The van der Waals surface area contributed by atoms with E-state index in [9.17, 15) is 0 Å². The molecule has 4 rings (SSSR count). The molecule has 0 aromatic carbocycles. The Morgan fingerprint density at radius 1 is 1.00 bits per heavy atom. The van der Waals surface area contributed by atoms with Crippen molar-refractivity contribution < 1.29 is 9.68 Å². The molecule has 0 spiro atoms. The van der Waals surface area contributed by atoms with Crippen molar-refractivity contribution in [2.45, 2.75) is 59.8 Å². The smallest absolute Gasteiger partial charge is 0.126 e. The average molecular weight is 407 g/mol. The zero-order valence-electron chi connectivity index (χ0n) is 18.4. The van der Waals surface area contributed by atoms with Gasteiger partial charge in [-0.1, -0.05) is 16.4 Å². The molecule has 1 saturated carbocycles. The Hall–Kier alpha value is -2.76. The molecule has 2 aliphatic carbocycles. The number of fused-ring (bicyclic) bond motifs is 1. The number of pyridine rings is 2. The summed E-state index contributed by atoms with van der Waals surface area (Å²) in [7, 11) is 0. The van der Waals surface area contributed by atoms with E-state index in [1.807, 2.05) is 26.8 Å². The van der Waals surface area contributed by atoms with Gasteiger partial charge in [-0.3, -0.25) is 9.97 Å². The van der Waals surface area contributed by atoms with Crippen LogP contribution in [0.4, 0.5) is 0 Å². The van der Waals surface area contributed by atoms with Crippen LogP contribution in [0.15, 0.2) is 34.6 Å². The lowest BCUT2D eigenvalue weighted by Gasteiger charge is -2.18. The van der Waals surface area contributed by atoms with Crippen molar-refractivity contribution in [3.8, 4) is 0 Å². The highest BCUT2D eigenvalue weighted by Crippen LogP contribution is 2.46. The number of oxime groups is 2. The third kappa shape index (κ3) is 4.86. The summed E-state index contributed by atoms with van der Waals surface area (Å²) in [5.41, 5.74) is 8.08. The summed E-state index contributed by atoms with van der Waals surface area (Å²) in [5.74, 6) is 0. The molecule has 0 saturated heterocycles. The van der Waals surface area contributed by atoms with Crippen molar-refractivity contribution in [3.63, 3.8) is 0 Å². The first-order valence-electron chi connectivity index (χ1n) is 10.7. The van der Waals surface area contributed by atoms with E-state index in [0.29, 0.717) is 13.2 Å². The second kappa shape index (κ2) is 8.54. The fourth-order valence-corrected chi connectivity index (χ4v) is 3.78. The molecule has 0 aliphatic heterocycles. The van der Waals surface area contributed by atoms with Crippen LogP contribution >= 0.6 is 0 Å². The SMILES string of the molecule is C/C(=N\OCC1(CO/N=C2\CCCc3ccc(C)nc32)CC1)c1cc(C)cc(C)n1. The zero-order valence-corrected chi connectivity index (χ0v) is 18.4. The number of hydrogen-bond donors (Lipinski definition) is 0. The monoisotopic (exact) mass is 406 g/mol. The maximum Gasteiger partial charge on any atom is 0.126 e. The van der Waals surface area contributed by atoms with E-state index in [-0.39, 0.29) is 5.41 Å².